The van der Waals surface area contributed by atoms with Crippen LogP contribution in [-0.4, -0.2) is 5.91 Å². The highest BCUT2D eigenvalue weighted by molar-refractivity contribution is 9.10. The van der Waals surface area contributed by atoms with E-state index in [1.807, 2.05) is 12.1 Å². The molecule has 0 saturated heterocycles. The van der Waals surface area contributed by atoms with Gasteiger partial charge in [-0.1, -0.05) is 69.5 Å². The molecule has 0 radical (unpaired) electrons. The lowest BCUT2D eigenvalue weighted by molar-refractivity contribution is -0.112. The molecule has 30 heavy (non-hydrogen) atoms. The Morgan fingerprint density at radius 1 is 1.07 bits per heavy atom. The molecule has 0 aromatic heterocycles. The van der Waals surface area contributed by atoms with Crippen molar-refractivity contribution in [3.8, 4) is 6.07 Å². The molecule has 0 unspecified atom stereocenters. The molecule has 3 aromatic rings. The molecule has 150 valence electrons. The first kappa shape index (κ1) is 22.0. The van der Waals surface area contributed by atoms with Gasteiger partial charge in [0, 0.05) is 16.6 Å². The number of halogens is 4. The van der Waals surface area contributed by atoms with Crippen molar-refractivity contribution in [1.29, 1.82) is 5.26 Å². The number of rotatable bonds is 5. The Hall–Kier alpha value is -2.65. The average molecular weight is 504 g/mol. The van der Waals surface area contributed by atoms with Gasteiger partial charge in [-0.2, -0.15) is 5.26 Å². The predicted molar refractivity (Wildman–Crippen MR) is 122 cm³/mol. The van der Waals surface area contributed by atoms with Crippen molar-refractivity contribution in [3.63, 3.8) is 0 Å². The van der Waals surface area contributed by atoms with Gasteiger partial charge in [0.2, 0.25) is 0 Å². The van der Waals surface area contributed by atoms with Crippen molar-refractivity contribution >= 4 is 56.8 Å². The minimum atomic E-state index is -0.567. The zero-order valence-corrected chi connectivity index (χ0v) is 18.5. The molecule has 0 heterocycles. The summed E-state index contributed by atoms with van der Waals surface area (Å²) in [5.74, 6) is -0.832. The van der Waals surface area contributed by atoms with Crippen LogP contribution in [0.4, 0.5) is 10.1 Å². The summed E-state index contributed by atoms with van der Waals surface area (Å²) in [7, 11) is 0. The van der Waals surface area contributed by atoms with Gasteiger partial charge in [-0.3, -0.25) is 4.79 Å². The normalized spacial score (nSPS) is 11.1. The zero-order chi connectivity index (χ0) is 21.7. The minimum Gasteiger partial charge on any atom is -0.321 e. The second-order valence-corrected chi connectivity index (χ2v) is 8.04. The number of amides is 1. The number of nitriles is 1. The van der Waals surface area contributed by atoms with E-state index >= 15 is 0 Å². The van der Waals surface area contributed by atoms with Crippen molar-refractivity contribution in [2.75, 3.05) is 5.32 Å². The number of carbonyl (C=O) groups is 1. The maximum Gasteiger partial charge on any atom is 0.266 e. The average Bonchev–Trinajstić information content (AvgIpc) is 2.72. The monoisotopic (exact) mass is 502 g/mol. The van der Waals surface area contributed by atoms with E-state index < -0.39 is 5.91 Å². The summed E-state index contributed by atoms with van der Waals surface area (Å²) < 4.78 is 14.6. The summed E-state index contributed by atoms with van der Waals surface area (Å²) >= 11 is 15.3. The van der Waals surface area contributed by atoms with E-state index in [0.717, 1.165) is 10.0 Å². The van der Waals surface area contributed by atoms with Gasteiger partial charge in [0.1, 0.15) is 17.5 Å². The number of benzene rings is 3. The van der Waals surface area contributed by atoms with E-state index in [2.05, 4.69) is 21.2 Å². The Labute approximate surface area is 191 Å². The van der Waals surface area contributed by atoms with Crippen LogP contribution in [0.2, 0.25) is 10.0 Å². The van der Waals surface area contributed by atoms with Gasteiger partial charge in [0.15, 0.2) is 0 Å². The second kappa shape index (κ2) is 9.90. The lowest BCUT2D eigenvalue weighted by Crippen LogP contribution is -2.13. The van der Waals surface area contributed by atoms with Crippen LogP contribution < -0.4 is 5.32 Å². The standard InChI is InChI=1S/C23H14BrCl2FN2O/c24-19-10-14(5-6-15(19)11-16-3-1-2-4-22(16)27)9-17(13-28)23(30)29-18-7-8-20(25)21(26)12-18/h1-10,12H,11H2,(H,29,30)/b17-9+. The molecule has 0 aliphatic rings. The van der Waals surface area contributed by atoms with E-state index in [9.17, 15) is 14.4 Å². The van der Waals surface area contributed by atoms with Crippen molar-refractivity contribution in [1.82, 2.24) is 0 Å². The summed E-state index contributed by atoms with van der Waals surface area (Å²) in [5.41, 5.74) is 2.48. The first-order valence-electron chi connectivity index (χ1n) is 8.77. The van der Waals surface area contributed by atoms with Crippen LogP contribution in [0.5, 0.6) is 0 Å². The van der Waals surface area contributed by atoms with E-state index in [1.165, 1.54) is 18.2 Å². The number of nitrogens with one attached hydrogen (secondary N) is 1. The number of hydrogen-bond acceptors (Lipinski definition) is 2. The fourth-order valence-corrected chi connectivity index (χ4v) is 3.57. The van der Waals surface area contributed by atoms with Gasteiger partial charge >= 0.3 is 0 Å². The van der Waals surface area contributed by atoms with Crippen LogP contribution in [-0.2, 0) is 11.2 Å². The largest absolute Gasteiger partial charge is 0.321 e. The summed E-state index contributed by atoms with van der Waals surface area (Å²) in [4.78, 5) is 12.4. The van der Waals surface area contributed by atoms with Crippen LogP contribution >= 0.6 is 39.1 Å². The number of hydrogen-bond donors (Lipinski definition) is 1. The van der Waals surface area contributed by atoms with Gasteiger partial charge in [-0.25, -0.2) is 4.39 Å². The summed E-state index contributed by atoms with van der Waals surface area (Å²) in [6.45, 7) is 0. The number of anilines is 1. The Bertz CT molecular complexity index is 1190. The Kier molecular flexibility index (Phi) is 7.28. The molecule has 7 heteroatoms. The van der Waals surface area contributed by atoms with E-state index in [4.69, 9.17) is 23.2 Å². The number of nitrogens with zero attached hydrogens (tertiary/aromatic N) is 1. The number of carbonyl (C=O) groups excluding carboxylic acids is 1. The Morgan fingerprint density at radius 3 is 2.50 bits per heavy atom. The van der Waals surface area contributed by atoms with Crippen molar-refractivity contribution in [2.45, 2.75) is 6.42 Å². The highest BCUT2D eigenvalue weighted by Gasteiger charge is 2.12. The van der Waals surface area contributed by atoms with Crippen LogP contribution in [0.1, 0.15) is 16.7 Å². The summed E-state index contributed by atoms with van der Waals surface area (Å²) in [5, 5.41) is 12.7. The predicted octanol–water partition coefficient (Wildman–Crippen LogP) is 7.03. The maximum absolute atomic E-state index is 13.9. The van der Waals surface area contributed by atoms with Gasteiger partial charge in [0.25, 0.3) is 5.91 Å². The SMILES string of the molecule is N#C/C(=C\c1ccc(Cc2ccccc2F)c(Br)c1)C(=O)Nc1ccc(Cl)c(Cl)c1. The van der Waals surface area contributed by atoms with E-state index in [-0.39, 0.29) is 11.4 Å². The fourth-order valence-electron chi connectivity index (χ4n) is 2.73. The Balaban J connectivity index is 1.79. The zero-order valence-electron chi connectivity index (χ0n) is 15.4. The van der Waals surface area contributed by atoms with Gasteiger partial charge in [0.05, 0.1) is 10.0 Å². The van der Waals surface area contributed by atoms with Crippen molar-refractivity contribution in [3.05, 3.63) is 103 Å². The molecule has 3 nitrogen and oxygen atoms in total. The van der Waals surface area contributed by atoms with Crippen molar-refractivity contribution < 1.29 is 9.18 Å². The first-order valence-corrected chi connectivity index (χ1v) is 10.3. The molecule has 0 aliphatic heterocycles. The second-order valence-electron chi connectivity index (χ2n) is 6.37. The summed E-state index contributed by atoms with van der Waals surface area (Å²) in [6.07, 6.45) is 1.89. The van der Waals surface area contributed by atoms with Gasteiger partial charge in [-0.15, -0.1) is 0 Å². The minimum absolute atomic E-state index is 0.0742. The summed E-state index contributed by atoms with van der Waals surface area (Å²) in [6, 6.07) is 18.5. The molecule has 0 fully saturated rings. The molecule has 0 aliphatic carbocycles. The van der Waals surface area contributed by atoms with Crippen LogP contribution in [0.15, 0.2) is 70.7 Å². The third kappa shape index (κ3) is 5.48. The molecule has 3 rings (SSSR count). The topological polar surface area (TPSA) is 52.9 Å². The highest BCUT2D eigenvalue weighted by atomic mass is 79.9. The molecule has 0 spiro atoms. The van der Waals surface area contributed by atoms with Crippen LogP contribution in [0.3, 0.4) is 0 Å². The highest BCUT2D eigenvalue weighted by Crippen LogP contribution is 2.26. The Morgan fingerprint density at radius 2 is 1.83 bits per heavy atom. The molecule has 0 atom stereocenters. The molecule has 1 amide bonds. The van der Waals surface area contributed by atoms with Crippen molar-refractivity contribution in [2.24, 2.45) is 0 Å². The molecule has 1 N–H and O–H groups in total. The molecule has 3 aromatic carbocycles. The smallest absolute Gasteiger partial charge is 0.266 e. The quantitative estimate of drug-likeness (QED) is 0.300. The maximum atomic E-state index is 13.9. The van der Waals surface area contributed by atoms with E-state index in [0.29, 0.717) is 33.3 Å². The molecular formula is C23H14BrCl2FN2O. The van der Waals surface area contributed by atoms with Gasteiger partial charge in [-0.05, 0) is 53.1 Å². The fraction of sp³-hybridized carbons (Fsp3) is 0.0435. The van der Waals surface area contributed by atoms with E-state index in [1.54, 1.807) is 42.5 Å². The van der Waals surface area contributed by atoms with Gasteiger partial charge < -0.3 is 5.32 Å². The molecule has 0 bridgehead atoms. The molecular weight excluding hydrogens is 490 g/mol. The molecule has 0 saturated carbocycles. The van der Waals surface area contributed by atoms with Crippen LogP contribution in [0.25, 0.3) is 6.08 Å². The lowest BCUT2D eigenvalue weighted by atomic mass is 10.0. The third-order valence-corrected chi connectivity index (χ3v) is 5.75. The van der Waals surface area contributed by atoms with Crippen LogP contribution in [0, 0.1) is 17.1 Å². The third-order valence-electron chi connectivity index (χ3n) is 4.27. The first-order chi connectivity index (χ1) is 14.4. The lowest BCUT2D eigenvalue weighted by Gasteiger charge is -2.08.